The van der Waals surface area contributed by atoms with Crippen LogP contribution in [-0.2, 0) is 32.7 Å². The Morgan fingerprint density at radius 1 is 0.628 bits per heavy atom. The first-order chi connectivity index (χ1) is 19.9. The van der Waals surface area contributed by atoms with Gasteiger partial charge in [-0.2, -0.15) is 7.85 Å². The molecule has 0 aromatic heterocycles. The number of hydrogen-bond donors (Lipinski definition) is 1. The van der Waals surface area contributed by atoms with Crippen LogP contribution in [-0.4, -0.2) is 24.5 Å². The smallest absolute Gasteiger partial charge is 0.185 e. The average molecular weight is 662 g/mol. The first kappa shape index (κ1) is 38.1. The van der Waals surface area contributed by atoms with Gasteiger partial charge in [-0.25, -0.2) is 0 Å². The van der Waals surface area contributed by atoms with Crippen LogP contribution in [0.25, 0.3) is 12.2 Å². The van der Waals surface area contributed by atoms with Crippen LogP contribution in [0.15, 0.2) is 91.0 Å². The number of carbonyl (C=O) groups is 2. The van der Waals surface area contributed by atoms with Crippen LogP contribution in [0.1, 0.15) is 65.2 Å². The minimum atomic E-state index is -0.0307. The van der Waals surface area contributed by atoms with E-state index >= 15 is 0 Å². The van der Waals surface area contributed by atoms with Crippen molar-refractivity contribution in [3.63, 3.8) is 0 Å². The molecule has 0 aliphatic carbocycles. The summed E-state index contributed by atoms with van der Waals surface area (Å²) in [5.41, 5.74) is 9.73. The van der Waals surface area contributed by atoms with Crippen molar-refractivity contribution in [1.29, 1.82) is 0 Å². The van der Waals surface area contributed by atoms with Gasteiger partial charge in [-0.15, -0.1) is 0 Å². The number of phenolic OH excluding ortho intramolecular Hbond substituents is 1. The molecule has 3 radical (unpaired) electrons. The molecule has 0 saturated heterocycles. The Balaban J connectivity index is 0.000000386. The Morgan fingerprint density at radius 3 is 1.40 bits per heavy atom. The zero-order valence-corrected chi connectivity index (χ0v) is 29.9. The van der Waals surface area contributed by atoms with Gasteiger partial charge in [-0.1, -0.05) is 88.5 Å². The summed E-state index contributed by atoms with van der Waals surface area (Å²) < 4.78 is 0. The van der Waals surface area contributed by atoms with Crippen molar-refractivity contribution in [2.24, 2.45) is 0 Å². The summed E-state index contributed by atoms with van der Waals surface area (Å²) in [5.74, 6) is 0.259. The Morgan fingerprint density at radius 2 is 1.00 bits per heavy atom. The van der Waals surface area contributed by atoms with Crippen molar-refractivity contribution in [3.05, 3.63) is 153 Å². The molecule has 0 aliphatic rings. The van der Waals surface area contributed by atoms with Gasteiger partial charge >= 0.3 is 0 Å². The molecule has 4 rings (SSSR count). The van der Waals surface area contributed by atoms with Gasteiger partial charge in [-0.05, 0) is 101 Å². The van der Waals surface area contributed by atoms with Gasteiger partial charge in [0.25, 0.3) is 0 Å². The third-order valence-corrected chi connectivity index (χ3v) is 6.18. The fraction of sp³-hybridized carbons (Fsp3) is 0.162. The second-order valence-corrected chi connectivity index (χ2v) is 10.7. The number of allylic oxidation sites excluding steroid dienone is 2. The Labute approximate surface area is 286 Å². The largest absolute Gasteiger partial charge is 0.508 e. The summed E-state index contributed by atoms with van der Waals surface area (Å²) in [4.78, 5) is 24.2. The van der Waals surface area contributed by atoms with E-state index in [1.807, 2.05) is 114 Å². The normalized spacial score (nSPS) is 10.3. The standard InChI is InChI=1S/C18H18O2.C18H18O.CH3BP.Y/c1-12-8-13(2)10-16(9-12)17(19)7-6-15-5-4-14(3)18(20)11-15;1-13-4-6-16(7-5-13)8-9-18(19)17-11-14(2)10-15(3)12-17;2-1-3;/h4-11,20H,1-3H3;4-12H,1-3H3;1H,3H2;/q;;-1;/b7-6+;9-8+;;. The van der Waals surface area contributed by atoms with E-state index in [1.54, 1.807) is 24.3 Å². The summed E-state index contributed by atoms with van der Waals surface area (Å²) in [7, 11) is 6.92. The molecule has 0 amide bonds. The molecule has 4 aromatic carbocycles. The summed E-state index contributed by atoms with van der Waals surface area (Å²) in [6.07, 6.45) is 6.76. The number of ketones is 2. The van der Waals surface area contributed by atoms with E-state index in [0.717, 1.165) is 44.5 Å². The van der Waals surface area contributed by atoms with Crippen molar-refractivity contribution < 1.29 is 47.4 Å². The summed E-state index contributed by atoms with van der Waals surface area (Å²) >= 11 is 0. The molecule has 217 valence electrons. The van der Waals surface area contributed by atoms with E-state index in [4.69, 9.17) is 0 Å². The molecule has 4 aromatic rings. The van der Waals surface area contributed by atoms with Gasteiger partial charge in [-0.3, -0.25) is 9.59 Å². The monoisotopic (exact) mass is 662 g/mol. The number of rotatable bonds is 6. The maximum Gasteiger partial charge on any atom is 0.185 e. The minimum Gasteiger partial charge on any atom is -0.508 e. The summed E-state index contributed by atoms with van der Waals surface area (Å²) in [6.45, 7) is 11.9. The van der Waals surface area contributed by atoms with Crippen molar-refractivity contribution in [2.45, 2.75) is 41.5 Å². The van der Waals surface area contributed by atoms with Crippen LogP contribution in [0.3, 0.4) is 0 Å². The molecule has 1 unspecified atom stereocenters. The molecular formula is C37H39BO3PY-. The van der Waals surface area contributed by atoms with E-state index in [1.165, 1.54) is 11.6 Å². The number of benzene rings is 4. The third kappa shape index (κ3) is 14.0. The summed E-state index contributed by atoms with van der Waals surface area (Å²) in [5, 5.41) is 9.64. The number of phenols is 1. The maximum atomic E-state index is 12.1. The number of aryl methyl sites for hydroxylation is 6. The van der Waals surface area contributed by atoms with E-state index in [-0.39, 0.29) is 50.0 Å². The predicted molar refractivity (Wildman–Crippen MR) is 182 cm³/mol. The molecule has 0 spiro atoms. The second-order valence-electron chi connectivity index (χ2n) is 10.3. The van der Waals surface area contributed by atoms with Crippen molar-refractivity contribution in [2.75, 3.05) is 0 Å². The molecule has 0 saturated carbocycles. The first-order valence-electron chi connectivity index (χ1n) is 13.6. The molecule has 0 aliphatic heterocycles. The van der Waals surface area contributed by atoms with Crippen molar-refractivity contribution in [3.8, 4) is 5.75 Å². The molecular weight excluding hydrogens is 623 g/mol. The summed E-state index contributed by atoms with van der Waals surface area (Å²) in [6, 6.07) is 26.6. The van der Waals surface area contributed by atoms with Gasteiger partial charge in [0.15, 0.2) is 11.6 Å². The van der Waals surface area contributed by atoms with Crippen LogP contribution < -0.4 is 0 Å². The van der Waals surface area contributed by atoms with Gasteiger partial charge in [0.1, 0.15) is 5.75 Å². The van der Waals surface area contributed by atoms with Crippen LogP contribution >= 0.6 is 9.24 Å². The van der Waals surface area contributed by atoms with Gasteiger partial charge in [0.2, 0.25) is 0 Å². The zero-order chi connectivity index (χ0) is 31.2. The predicted octanol–water partition coefficient (Wildman–Crippen LogP) is 8.87. The van der Waals surface area contributed by atoms with E-state index in [2.05, 4.69) is 23.2 Å². The SMILES string of the molecule is Cc1cc(C)cc(C(=O)/C=C/c2ccc(C)c(O)c2)c1.Cc1ccc(/C=C/C(=O)c2cc(C)cc(C)c2)cc1.[B][CH-]P.[Y]. The molecule has 1 atom stereocenters. The number of aromatic hydroxyl groups is 1. The fourth-order valence-electron chi connectivity index (χ4n) is 4.18. The Kier molecular flexibility index (Phi) is 17.2. The number of hydrogen-bond acceptors (Lipinski definition) is 3. The molecule has 0 fully saturated rings. The Hall–Kier alpha value is -2.90. The van der Waals surface area contributed by atoms with Crippen molar-refractivity contribution >= 4 is 40.8 Å². The molecule has 0 bridgehead atoms. The number of carbonyl (C=O) groups excluding carboxylic acids is 2. The Bertz CT molecular complexity index is 1530. The van der Waals surface area contributed by atoms with Crippen LogP contribution in [0, 0.1) is 47.6 Å². The van der Waals surface area contributed by atoms with E-state index < -0.39 is 0 Å². The van der Waals surface area contributed by atoms with Crippen molar-refractivity contribution in [1.82, 2.24) is 0 Å². The average Bonchev–Trinajstić information content (AvgIpc) is 2.93. The maximum absolute atomic E-state index is 12.1. The van der Waals surface area contributed by atoms with Crippen LogP contribution in [0.5, 0.6) is 5.75 Å². The molecule has 3 nitrogen and oxygen atoms in total. The fourth-order valence-corrected chi connectivity index (χ4v) is 4.18. The van der Waals surface area contributed by atoms with Gasteiger partial charge < -0.3 is 20.4 Å². The minimum absolute atomic E-state index is 0. The van der Waals surface area contributed by atoms with E-state index in [9.17, 15) is 14.7 Å². The van der Waals surface area contributed by atoms with Gasteiger partial charge in [0.05, 0.1) is 0 Å². The molecule has 1 N–H and O–H groups in total. The van der Waals surface area contributed by atoms with E-state index in [0.29, 0.717) is 5.56 Å². The second kappa shape index (κ2) is 19.4. The zero-order valence-electron chi connectivity index (χ0n) is 25.9. The third-order valence-electron chi connectivity index (χ3n) is 6.18. The quantitative estimate of drug-likeness (QED) is 0.0738. The van der Waals surface area contributed by atoms with Crippen LogP contribution in [0.4, 0.5) is 0 Å². The first-order valence-corrected chi connectivity index (χ1v) is 14.3. The molecule has 0 heterocycles. The van der Waals surface area contributed by atoms with Gasteiger partial charge in [0, 0.05) is 43.8 Å². The molecule has 6 heteroatoms. The molecule has 43 heavy (non-hydrogen) atoms. The topological polar surface area (TPSA) is 54.4 Å². The van der Waals surface area contributed by atoms with Crippen LogP contribution in [0.2, 0.25) is 0 Å².